The van der Waals surface area contributed by atoms with Crippen LogP contribution >= 0.6 is 35.0 Å². The summed E-state index contributed by atoms with van der Waals surface area (Å²) in [5.74, 6) is -0.674. The number of nitrogens with one attached hydrogen (secondary N) is 1. The SMILES string of the molecule is COC(=O)/C(C#N)=C(\NCc1ccc(Cl)cc1Cl)SC. The van der Waals surface area contributed by atoms with Crippen molar-refractivity contribution in [1.29, 1.82) is 5.26 Å². The number of hydrogen-bond donors (Lipinski definition) is 1. The summed E-state index contributed by atoms with van der Waals surface area (Å²) in [5.41, 5.74) is 0.745. The van der Waals surface area contributed by atoms with Crippen molar-refractivity contribution in [3.8, 4) is 6.07 Å². The maximum absolute atomic E-state index is 11.5. The van der Waals surface area contributed by atoms with Gasteiger partial charge in [-0.3, -0.25) is 0 Å². The van der Waals surface area contributed by atoms with Gasteiger partial charge in [-0.15, -0.1) is 11.8 Å². The summed E-state index contributed by atoms with van der Waals surface area (Å²) in [4.78, 5) is 11.5. The van der Waals surface area contributed by atoms with E-state index in [-0.39, 0.29) is 5.57 Å². The van der Waals surface area contributed by atoms with Gasteiger partial charge in [-0.1, -0.05) is 29.3 Å². The normalized spacial score (nSPS) is 11.3. The lowest BCUT2D eigenvalue weighted by atomic mass is 10.2. The number of ether oxygens (including phenoxy) is 1. The van der Waals surface area contributed by atoms with Crippen molar-refractivity contribution in [2.75, 3.05) is 13.4 Å². The van der Waals surface area contributed by atoms with Crippen molar-refractivity contribution in [3.63, 3.8) is 0 Å². The first-order valence-corrected chi connectivity index (χ1v) is 7.46. The van der Waals surface area contributed by atoms with Gasteiger partial charge in [0.2, 0.25) is 0 Å². The van der Waals surface area contributed by atoms with E-state index in [2.05, 4.69) is 10.1 Å². The number of carbonyl (C=O) groups excluding carboxylic acids is 1. The van der Waals surface area contributed by atoms with Crippen LogP contribution < -0.4 is 5.32 Å². The molecule has 0 bridgehead atoms. The van der Waals surface area contributed by atoms with Gasteiger partial charge in [0.05, 0.1) is 12.1 Å². The van der Waals surface area contributed by atoms with E-state index in [1.165, 1.54) is 18.9 Å². The number of methoxy groups -OCH3 is 1. The summed E-state index contributed by atoms with van der Waals surface area (Å²) >= 11 is 13.1. The Labute approximate surface area is 131 Å². The van der Waals surface area contributed by atoms with Gasteiger partial charge in [0, 0.05) is 16.6 Å². The van der Waals surface area contributed by atoms with Crippen molar-refractivity contribution in [3.05, 3.63) is 44.4 Å². The first-order valence-electron chi connectivity index (χ1n) is 5.48. The van der Waals surface area contributed by atoms with Crippen LogP contribution in [0, 0.1) is 11.3 Å². The Morgan fingerprint density at radius 3 is 2.70 bits per heavy atom. The summed E-state index contributed by atoms with van der Waals surface area (Å²) < 4.78 is 4.56. The number of carbonyl (C=O) groups is 1. The van der Waals surface area contributed by atoms with Crippen LogP contribution in [0.25, 0.3) is 0 Å². The molecule has 1 rings (SSSR count). The highest BCUT2D eigenvalue weighted by Crippen LogP contribution is 2.22. The van der Waals surface area contributed by atoms with Crippen molar-refractivity contribution in [1.82, 2.24) is 5.32 Å². The minimum atomic E-state index is -0.674. The first kappa shape index (κ1) is 16.7. The molecule has 0 heterocycles. The van der Waals surface area contributed by atoms with Gasteiger partial charge in [0.25, 0.3) is 0 Å². The average molecular weight is 331 g/mol. The monoisotopic (exact) mass is 330 g/mol. The summed E-state index contributed by atoms with van der Waals surface area (Å²) in [6.45, 7) is 0.369. The molecule has 0 amide bonds. The molecule has 0 aliphatic rings. The fraction of sp³-hybridized carbons (Fsp3) is 0.231. The molecule has 0 aliphatic heterocycles. The standard InChI is InChI=1S/C13H12Cl2N2O2S/c1-19-13(18)10(6-16)12(20-2)17-7-8-3-4-9(14)5-11(8)15/h3-5,17H,7H2,1-2H3/b12-10+. The minimum absolute atomic E-state index is 0.0647. The van der Waals surface area contributed by atoms with Gasteiger partial charge in [-0.25, -0.2) is 4.79 Å². The van der Waals surface area contributed by atoms with Crippen molar-refractivity contribution >= 4 is 40.9 Å². The maximum Gasteiger partial charge on any atom is 0.351 e. The van der Waals surface area contributed by atoms with Crippen LogP contribution in [-0.2, 0) is 16.1 Å². The molecular formula is C13H12Cl2N2O2S. The van der Waals surface area contributed by atoms with Crippen LogP contribution in [0.1, 0.15) is 5.56 Å². The molecule has 0 saturated heterocycles. The predicted molar refractivity (Wildman–Crippen MR) is 81.5 cm³/mol. The van der Waals surface area contributed by atoms with Crippen LogP contribution in [0.2, 0.25) is 10.0 Å². The van der Waals surface area contributed by atoms with E-state index in [4.69, 9.17) is 28.5 Å². The fourth-order valence-electron chi connectivity index (χ4n) is 1.39. The molecule has 106 valence electrons. The van der Waals surface area contributed by atoms with Crippen molar-refractivity contribution < 1.29 is 9.53 Å². The number of thioether (sulfide) groups is 1. The largest absolute Gasteiger partial charge is 0.465 e. The van der Waals surface area contributed by atoms with E-state index in [1.54, 1.807) is 24.5 Å². The molecule has 0 saturated carbocycles. The molecule has 0 aliphatic carbocycles. The number of benzene rings is 1. The highest BCUT2D eigenvalue weighted by atomic mass is 35.5. The van der Waals surface area contributed by atoms with Crippen LogP contribution in [0.3, 0.4) is 0 Å². The third-order valence-electron chi connectivity index (χ3n) is 2.39. The van der Waals surface area contributed by atoms with Crippen LogP contribution in [0.15, 0.2) is 28.8 Å². The molecule has 1 aromatic rings. The Balaban J connectivity index is 2.92. The molecule has 0 atom stereocenters. The lowest BCUT2D eigenvalue weighted by molar-refractivity contribution is -0.135. The lowest BCUT2D eigenvalue weighted by Crippen LogP contribution is -2.16. The highest BCUT2D eigenvalue weighted by Gasteiger charge is 2.15. The van der Waals surface area contributed by atoms with Gasteiger partial charge in [-0.05, 0) is 24.0 Å². The quantitative estimate of drug-likeness (QED) is 0.509. The molecule has 0 radical (unpaired) electrons. The van der Waals surface area contributed by atoms with E-state index in [9.17, 15) is 4.79 Å². The van der Waals surface area contributed by atoms with E-state index in [0.717, 1.165) is 5.56 Å². The number of rotatable bonds is 5. The second kappa shape index (κ2) is 8.05. The third-order valence-corrected chi connectivity index (χ3v) is 3.73. The molecule has 0 fully saturated rings. The molecule has 1 N–H and O–H groups in total. The smallest absolute Gasteiger partial charge is 0.351 e. The Morgan fingerprint density at radius 2 is 2.20 bits per heavy atom. The zero-order chi connectivity index (χ0) is 15.1. The summed E-state index contributed by atoms with van der Waals surface area (Å²) in [6, 6.07) is 6.96. The van der Waals surface area contributed by atoms with Crippen LogP contribution in [0.4, 0.5) is 0 Å². The van der Waals surface area contributed by atoms with E-state index < -0.39 is 5.97 Å². The molecule has 0 aromatic heterocycles. The fourth-order valence-corrected chi connectivity index (χ4v) is 2.42. The number of hydrogen-bond acceptors (Lipinski definition) is 5. The number of nitrogens with zero attached hydrogens (tertiary/aromatic N) is 1. The maximum atomic E-state index is 11.5. The van der Waals surface area contributed by atoms with Gasteiger partial charge in [-0.2, -0.15) is 5.26 Å². The second-order valence-electron chi connectivity index (χ2n) is 3.60. The number of nitriles is 1. The first-order chi connectivity index (χ1) is 9.53. The van der Waals surface area contributed by atoms with Crippen LogP contribution in [-0.4, -0.2) is 19.3 Å². The van der Waals surface area contributed by atoms with E-state index in [0.29, 0.717) is 21.6 Å². The minimum Gasteiger partial charge on any atom is -0.465 e. The molecule has 7 heteroatoms. The average Bonchev–Trinajstić information content (AvgIpc) is 2.44. The summed E-state index contributed by atoms with van der Waals surface area (Å²) in [5, 5.41) is 13.5. The zero-order valence-corrected chi connectivity index (χ0v) is 13.2. The molecule has 1 aromatic carbocycles. The zero-order valence-electron chi connectivity index (χ0n) is 10.9. The molecular weight excluding hydrogens is 319 g/mol. The van der Waals surface area contributed by atoms with Crippen molar-refractivity contribution in [2.45, 2.75) is 6.54 Å². The second-order valence-corrected chi connectivity index (χ2v) is 5.26. The van der Waals surface area contributed by atoms with E-state index in [1.807, 2.05) is 6.07 Å². The van der Waals surface area contributed by atoms with Gasteiger partial charge >= 0.3 is 5.97 Å². The Bertz CT molecular complexity index is 582. The topological polar surface area (TPSA) is 62.1 Å². The van der Waals surface area contributed by atoms with Gasteiger partial charge in [0.1, 0.15) is 6.07 Å². The Hall–Kier alpha value is -1.35. The molecule has 0 unspecified atom stereocenters. The van der Waals surface area contributed by atoms with Gasteiger partial charge in [0.15, 0.2) is 5.57 Å². The van der Waals surface area contributed by atoms with E-state index >= 15 is 0 Å². The Morgan fingerprint density at radius 1 is 1.50 bits per heavy atom. The Kier molecular flexibility index (Phi) is 6.73. The lowest BCUT2D eigenvalue weighted by Gasteiger charge is -2.11. The van der Waals surface area contributed by atoms with Crippen LogP contribution in [0.5, 0.6) is 0 Å². The third kappa shape index (κ3) is 4.34. The number of halogens is 2. The van der Waals surface area contributed by atoms with Crippen molar-refractivity contribution in [2.24, 2.45) is 0 Å². The highest BCUT2D eigenvalue weighted by molar-refractivity contribution is 8.02. The molecule has 0 spiro atoms. The molecule has 4 nitrogen and oxygen atoms in total. The molecule has 20 heavy (non-hydrogen) atoms. The summed E-state index contributed by atoms with van der Waals surface area (Å²) in [7, 11) is 1.23. The van der Waals surface area contributed by atoms with Gasteiger partial charge < -0.3 is 10.1 Å². The number of esters is 1. The predicted octanol–water partition coefficient (Wildman–Crippen LogP) is 3.35. The summed E-state index contributed by atoms with van der Waals surface area (Å²) in [6.07, 6.45) is 1.76.